The van der Waals surface area contributed by atoms with Gasteiger partial charge in [0.25, 0.3) is 5.56 Å². The van der Waals surface area contributed by atoms with Crippen LogP contribution in [-0.4, -0.2) is 49.5 Å². The summed E-state index contributed by atoms with van der Waals surface area (Å²) in [5, 5.41) is 5.25. The molecule has 0 spiro atoms. The highest BCUT2D eigenvalue weighted by Gasteiger charge is 2.30. The van der Waals surface area contributed by atoms with Crippen LogP contribution in [0.25, 0.3) is 16.7 Å². The van der Waals surface area contributed by atoms with E-state index < -0.39 is 0 Å². The number of carbonyl (C=O) groups is 1. The number of amides is 1. The number of nitrogens with zero attached hydrogens (tertiary/aromatic N) is 5. The highest BCUT2D eigenvalue weighted by molar-refractivity contribution is 7.99. The number of fused-ring (bicyclic) bond motifs is 2. The van der Waals surface area contributed by atoms with Gasteiger partial charge < -0.3 is 4.90 Å². The first-order valence-corrected chi connectivity index (χ1v) is 10.6. The van der Waals surface area contributed by atoms with Gasteiger partial charge in [0.1, 0.15) is 11.2 Å². The standard InChI is InChI=1S/C20H22FN5O2S/c1-3-4-9-24(2)17(27)10-15-12-29-20-23-18-16(19(28)25(15)20)11-22-26(18)14-7-5-13(21)6-8-14/h5-8,11,15H,3-4,9-10,12H2,1-2H3. The van der Waals surface area contributed by atoms with E-state index in [9.17, 15) is 14.0 Å². The van der Waals surface area contributed by atoms with E-state index in [2.05, 4.69) is 17.0 Å². The molecule has 3 aromatic rings. The van der Waals surface area contributed by atoms with Crippen molar-refractivity contribution >= 4 is 28.7 Å². The van der Waals surface area contributed by atoms with Crippen molar-refractivity contribution in [2.45, 2.75) is 37.4 Å². The Kier molecular flexibility index (Phi) is 5.40. The summed E-state index contributed by atoms with van der Waals surface area (Å²) in [6, 6.07) is 5.65. The van der Waals surface area contributed by atoms with Crippen LogP contribution in [-0.2, 0) is 4.79 Å². The van der Waals surface area contributed by atoms with Crippen molar-refractivity contribution in [2.75, 3.05) is 19.3 Å². The zero-order valence-electron chi connectivity index (χ0n) is 16.3. The van der Waals surface area contributed by atoms with E-state index in [1.165, 1.54) is 34.8 Å². The van der Waals surface area contributed by atoms with Gasteiger partial charge >= 0.3 is 0 Å². The third kappa shape index (κ3) is 3.66. The Hall–Kier alpha value is -2.68. The SMILES string of the molecule is CCCCN(C)C(=O)CC1CSc2nc3c(cnn3-c3ccc(F)cc3)c(=O)n21. The lowest BCUT2D eigenvalue weighted by atomic mass is 10.2. The molecule has 152 valence electrons. The summed E-state index contributed by atoms with van der Waals surface area (Å²) in [5.74, 6) is 0.323. The minimum Gasteiger partial charge on any atom is -0.346 e. The van der Waals surface area contributed by atoms with Gasteiger partial charge in [-0.1, -0.05) is 25.1 Å². The predicted molar refractivity (Wildman–Crippen MR) is 110 cm³/mol. The Morgan fingerprint density at radius 3 is 2.83 bits per heavy atom. The smallest absolute Gasteiger partial charge is 0.265 e. The number of rotatable bonds is 6. The molecule has 1 aliphatic heterocycles. The Balaban J connectivity index is 1.66. The largest absolute Gasteiger partial charge is 0.346 e. The number of aromatic nitrogens is 4. The number of benzene rings is 1. The Morgan fingerprint density at radius 2 is 2.10 bits per heavy atom. The van der Waals surface area contributed by atoms with Gasteiger partial charge in [0, 0.05) is 25.8 Å². The fourth-order valence-corrected chi connectivity index (χ4v) is 4.56. The van der Waals surface area contributed by atoms with Crippen LogP contribution in [0.5, 0.6) is 0 Å². The van der Waals surface area contributed by atoms with Crippen LogP contribution in [0.2, 0.25) is 0 Å². The molecule has 3 heterocycles. The Labute approximate surface area is 171 Å². The molecule has 0 N–H and O–H groups in total. The van der Waals surface area contributed by atoms with E-state index in [1.54, 1.807) is 28.6 Å². The zero-order valence-corrected chi connectivity index (χ0v) is 17.2. The fraction of sp³-hybridized carbons (Fsp3) is 0.400. The van der Waals surface area contributed by atoms with Gasteiger partial charge in [0.05, 0.1) is 17.9 Å². The van der Waals surface area contributed by atoms with Crippen molar-refractivity contribution in [2.24, 2.45) is 0 Å². The first-order chi connectivity index (χ1) is 14.0. The maximum absolute atomic E-state index is 13.2. The molecule has 0 bridgehead atoms. The van der Waals surface area contributed by atoms with Crippen LogP contribution < -0.4 is 5.56 Å². The molecule has 9 heteroatoms. The number of carbonyl (C=O) groups excluding carboxylic acids is 1. The molecule has 2 aromatic heterocycles. The van der Waals surface area contributed by atoms with E-state index >= 15 is 0 Å². The lowest BCUT2D eigenvalue weighted by Crippen LogP contribution is -2.32. The molecular weight excluding hydrogens is 393 g/mol. The van der Waals surface area contributed by atoms with Gasteiger partial charge in [-0.2, -0.15) is 5.10 Å². The van der Waals surface area contributed by atoms with Gasteiger partial charge in [-0.05, 0) is 30.7 Å². The van der Waals surface area contributed by atoms with Crippen LogP contribution in [0.15, 0.2) is 40.4 Å². The van der Waals surface area contributed by atoms with Crippen molar-refractivity contribution in [3.05, 3.63) is 46.6 Å². The Morgan fingerprint density at radius 1 is 1.34 bits per heavy atom. The van der Waals surface area contributed by atoms with E-state index in [0.717, 1.165) is 19.4 Å². The predicted octanol–water partition coefficient (Wildman–Crippen LogP) is 3.02. The summed E-state index contributed by atoms with van der Waals surface area (Å²) in [6.45, 7) is 2.81. The molecule has 0 saturated heterocycles. The van der Waals surface area contributed by atoms with Crippen LogP contribution in [0.3, 0.4) is 0 Å². The van der Waals surface area contributed by atoms with Crippen LogP contribution in [0.1, 0.15) is 32.2 Å². The maximum atomic E-state index is 13.2. The third-order valence-corrected chi connectivity index (χ3v) is 6.22. The van der Waals surface area contributed by atoms with Crippen molar-refractivity contribution in [1.29, 1.82) is 0 Å². The lowest BCUT2D eigenvalue weighted by molar-refractivity contribution is -0.130. The van der Waals surface area contributed by atoms with Crippen LogP contribution >= 0.6 is 11.8 Å². The van der Waals surface area contributed by atoms with Gasteiger partial charge in [0.15, 0.2) is 10.8 Å². The summed E-state index contributed by atoms with van der Waals surface area (Å²) in [4.78, 5) is 32.0. The number of thioether (sulfide) groups is 1. The average molecular weight is 415 g/mol. The maximum Gasteiger partial charge on any atom is 0.265 e. The van der Waals surface area contributed by atoms with Crippen LogP contribution in [0, 0.1) is 5.82 Å². The first kappa shape index (κ1) is 19.6. The minimum atomic E-state index is -0.342. The number of hydrogen-bond acceptors (Lipinski definition) is 5. The molecule has 29 heavy (non-hydrogen) atoms. The van der Waals surface area contributed by atoms with Gasteiger partial charge in [-0.15, -0.1) is 0 Å². The molecule has 0 fully saturated rings. The topological polar surface area (TPSA) is 73.0 Å². The monoisotopic (exact) mass is 415 g/mol. The molecule has 4 rings (SSSR count). The number of unbranched alkanes of at least 4 members (excludes halogenated alkanes) is 1. The number of halogens is 1. The molecular formula is C20H22FN5O2S. The lowest BCUT2D eigenvalue weighted by Gasteiger charge is -2.20. The van der Waals surface area contributed by atoms with Crippen molar-refractivity contribution in [3.63, 3.8) is 0 Å². The quantitative estimate of drug-likeness (QED) is 0.579. The van der Waals surface area contributed by atoms with E-state index in [1.807, 2.05) is 0 Å². The Bertz CT molecular complexity index is 1110. The minimum absolute atomic E-state index is 0.0332. The van der Waals surface area contributed by atoms with E-state index in [-0.39, 0.29) is 29.7 Å². The summed E-state index contributed by atoms with van der Waals surface area (Å²) in [7, 11) is 1.80. The summed E-state index contributed by atoms with van der Waals surface area (Å²) >= 11 is 1.47. The van der Waals surface area contributed by atoms with Crippen molar-refractivity contribution in [1.82, 2.24) is 24.2 Å². The second-order valence-corrected chi connectivity index (χ2v) is 8.16. The highest BCUT2D eigenvalue weighted by atomic mass is 32.2. The summed E-state index contributed by atoms with van der Waals surface area (Å²) in [5.41, 5.74) is 0.871. The molecule has 0 aliphatic carbocycles. The fourth-order valence-electron chi connectivity index (χ4n) is 3.43. The van der Waals surface area contributed by atoms with Crippen LogP contribution in [0.4, 0.5) is 4.39 Å². The van der Waals surface area contributed by atoms with Crippen molar-refractivity contribution in [3.8, 4) is 5.69 Å². The summed E-state index contributed by atoms with van der Waals surface area (Å²) < 4.78 is 16.4. The zero-order chi connectivity index (χ0) is 20.5. The molecule has 1 aromatic carbocycles. The first-order valence-electron chi connectivity index (χ1n) is 9.62. The highest BCUT2D eigenvalue weighted by Crippen LogP contribution is 2.33. The molecule has 7 nitrogen and oxygen atoms in total. The molecule has 0 radical (unpaired) electrons. The molecule has 1 amide bonds. The summed E-state index contributed by atoms with van der Waals surface area (Å²) in [6.07, 6.45) is 3.75. The van der Waals surface area contributed by atoms with E-state index in [4.69, 9.17) is 0 Å². The van der Waals surface area contributed by atoms with Gasteiger partial charge in [0.2, 0.25) is 5.91 Å². The van der Waals surface area contributed by atoms with Crippen molar-refractivity contribution < 1.29 is 9.18 Å². The van der Waals surface area contributed by atoms with Gasteiger partial charge in [-0.25, -0.2) is 14.1 Å². The number of hydrogen-bond donors (Lipinski definition) is 0. The normalized spacial score (nSPS) is 15.6. The second kappa shape index (κ2) is 7.98. The second-order valence-electron chi connectivity index (χ2n) is 7.18. The molecule has 1 unspecified atom stereocenters. The van der Waals surface area contributed by atoms with E-state index in [0.29, 0.717) is 27.6 Å². The van der Waals surface area contributed by atoms with Gasteiger partial charge in [-0.3, -0.25) is 14.2 Å². The molecule has 1 atom stereocenters. The third-order valence-electron chi connectivity index (χ3n) is 5.12. The molecule has 1 aliphatic rings. The molecule has 0 saturated carbocycles. The average Bonchev–Trinajstić information content (AvgIpc) is 3.32.